The lowest BCUT2D eigenvalue weighted by atomic mass is 9.96. The average Bonchev–Trinajstić information content (AvgIpc) is 2.60. The maximum atomic E-state index is 12.7. The van der Waals surface area contributed by atoms with Crippen LogP contribution in [-0.4, -0.2) is 17.0 Å². The molecule has 2 amide bonds. The Morgan fingerprint density at radius 3 is 2.60 bits per heavy atom. The third kappa shape index (κ3) is 3.85. The molecule has 2 N–H and O–H groups in total. The first-order valence-corrected chi connectivity index (χ1v) is 7.97. The minimum atomic E-state index is -0.548. The highest BCUT2D eigenvalue weighted by molar-refractivity contribution is 5.95. The second-order valence-electron chi connectivity index (χ2n) is 5.83. The molecule has 1 atom stereocenters. The molecule has 0 spiro atoms. The van der Waals surface area contributed by atoms with E-state index in [-0.39, 0.29) is 12.6 Å². The van der Waals surface area contributed by atoms with Gasteiger partial charge in [0.05, 0.1) is 17.3 Å². The third-order valence-corrected chi connectivity index (χ3v) is 3.92. The van der Waals surface area contributed by atoms with Crippen LogP contribution in [0.2, 0.25) is 0 Å². The Morgan fingerprint density at radius 2 is 1.88 bits per heavy atom. The number of carbonyl (C=O) groups is 2. The molecule has 1 aliphatic heterocycles. The zero-order valence-electron chi connectivity index (χ0n) is 14.1. The molecular weight excluding hydrogens is 318 g/mol. The number of aromatic nitrogens is 1. The number of hydrogen-bond acceptors (Lipinski definition) is 4. The summed E-state index contributed by atoms with van der Waals surface area (Å²) < 4.78 is 5.43. The third-order valence-electron chi connectivity index (χ3n) is 3.92. The molecule has 0 bridgehead atoms. The fourth-order valence-corrected chi connectivity index (χ4v) is 2.76. The normalized spacial score (nSPS) is 16.9. The van der Waals surface area contributed by atoms with Gasteiger partial charge in [-0.05, 0) is 31.5 Å². The number of pyridine rings is 1. The van der Waals surface area contributed by atoms with Crippen molar-refractivity contribution in [1.29, 1.82) is 0 Å². The van der Waals surface area contributed by atoms with Crippen molar-refractivity contribution >= 4 is 12.0 Å². The van der Waals surface area contributed by atoms with E-state index in [4.69, 9.17) is 4.74 Å². The lowest BCUT2D eigenvalue weighted by Crippen LogP contribution is -2.45. The molecule has 0 fully saturated rings. The molecule has 6 nitrogen and oxygen atoms in total. The van der Waals surface area contributed by atoms with Crippen molar-refractivity contribution in [3.05, 3.63) is 76.8 Å². The monoisotopic (exact) mass is 337 g/mol. The van der Waals surface area contributed by atoms with Crippen molar-refractivity contribution in [1.82, 2.24) is 15.6 Å². The Morgan fingerprint density at radius 1 is 1.12 bits per heavy atom. The van der Waals surface area contributed by atoms with E-state index >= 15 is 0 Å². The van der Waals surface area contributed by atoms with Gasteiger partial charge in [0.25, 0.3) is 0 Å². The van der Waals surface area contributed by atoms with Gasteiger partial charge in [0, 0.05) is 11.4 Å². The number of rotatable bonds is 4. The van der Waals surface area contributed by atoms with E-state index in [9.17, 15) is 9.59 Å². The maximum absolute atomic E-state index is 12.7. The molecule has 1 aromatic carbocycles. The van der Waals surface area contributed by atoms with Gasteiger partial charge >= 0.3 is 12.0 Å². The fourth-order valence-electron chi connectivity index (χ4n) is 2.76. The Kier molecular flexibility index (Phi) is 4.79. The number of nitrogens with zero attached hydrogens (tertiary/aromatic N) is 1. The second-order valence-corrected chi connectivity index (χ2v) is 5.83. The summed E-state index contributed by atoms with van der Waals surface area (Å²) in [5, 5.41) is 5.41. The van der Waals surface area contributed by atoms with E-state index in [1.54, 1.807) is 13.0 Å². The van der Waals surface area contributed by atoms with Crippen LogP contribution in [0.5, 0.6) is 0 Å². The number of urea groups is 1. The van der Waals surface area contributed by atoms with Crippen molar-refractivity contribution in [3.8, 4) is 0 Å². The smallest absolute Gasteiger partial charge is 0.338 e. The quantitative estimate of drug-likeness (QED) is 0.841. The zero-order chi connectivity index (χ0) is 17.8. The Balaban J connectivity index is 1.82. The van der Waals surface area contributed by atoms with E-state index in [1.165, 1.54) is 0 Å². The number of benzene rings is 1. The molecule has 0 radical (unpaired) electrons. The van der Waals surface area contributed by atoms with E-state index in [0.717, 1.165) is 11.3 Å². The number of carbonyl (C=O) groups excluding carboxylic acids is 2. The predicted octanol–water partition coefficient (Wildman–Crippen LogP) is 2.76. The van der Waals surface area contributed by atoms with Gasteiger partial charge in [-0.2, -0.15) is 0 Å². The van der Waals surface area contributed by atoms with Crippen molar-refractivity contribution < 1.29 is 14.3 Å². The summed E-state index contributed by atoms with van der Waals surface area (Å²) in [4.78, 5) is 28.8. The van der Waals surface area contributed by atoms with Gasteiger partial charge in [0.15, 0.2) is 0 Å². The predicted molar refractivity (Wildman–Crippen MR) is 92.3 cm³/mol. The van der Waals surface area contributed by atoms with Crippen LogP contribution in [0.3, 0.4) is 0 Å². The molecule has 25 heavy (non-hydrogen) atoms. The van der Waals surface area contributed by atoms with E-state index in [0.29, 0.717) is 17.0 Å². The van der Waals surface area contributed by atoms with Gasteiger partial charge in [0.2, 0.25) is 0 Å². The highest BCUT2D eigenvalue weighted by atomic mass is 16.5. The lowest BCUT2D eigenvalue weighted by molar-refractivity contribution is -0.141. The van der Waals surface area contributed by atoms with Gasteiger partial charge in [-0.25, -0.2) is 9.59 Å². The largest absolute Gasteiger partial charge is 0.456 e. The number of esters is 1. The number of aryl methyl sites for hydroxylation is 1. The SMILES string of the molecule is CC1=C(C(=O)OCc2cccc(C)n2)C(c2ccccc2)NC(=O)N1. The van der Waals surface area contributed by atoms with Crippen LogP contribution < -0.4 is 10.6 Å². The Bertz CT molecular complexity index is 831. The van der Waals surface area contributed by atoms with Gasteiger partial charge in [-0.3, -0.25) is 4.98 Å². The summed E-state index contributed by atoms with van der Waals surface area (Å²) >= 11 is 0. The maximum Gasteiger partial charge on any atom is 0.338 e. The summed E-state index contributed by atoms with van der Waals surface area (Å²) in [5.41, 5.74) is 3.23. The highest BCUT2D eigenvalue weighted by Gasteiger charge is 2.32. The van der Waals surface area contributed by atoms with E-state index in [1.807, 2.05) is 49.4 Å². The molecule has 2 heterocycles. The van der Waals surface area contributed by atoms with Crippen LogP contribution >= 0.6 is 0 Å². The minimum absolute atomic E-state index is 0.0761. The molecule has 0 aliphatic carbocycles. The minimum Gasteiger partial charge on any atom is -0.456 e. The standard InChI is InChI=1S/C19H19N3O3/c1-12-7-6-10-15(20-12)11-25-18(23)16-13(2)21-19(24)22-17(16)14-8-4-3-5-9-14/h3-10,17H,11H2,1-2H3,(H2,21,22,24). The van der Waals surface area contributed by atoms with Crippen molar-refractivity contribution in [2.45, 2.75) is 26.5 Å². The summed E-state index contributed by atoms with van der Waals surface area (Å²) in [6, 6.07) is 14.0. The molecule has 1 aliphatic rings. The molecule has 0 saturated carbocycles. The van der Waals surface area contributed by atoms with Gasteiger partial charge < -0.3 is 15.4 Å². The fraction of sp³-hybridized carbons (Fsp3) is 0.211. The number of nitrogens with one attached hydrogen (secondary N) is 2. The molecule has 1 aromatic heterocycles. The highest BCUT2D eigenvalue weighted by Crippen LogP contribution is 2.27. The van der Waals surface area contributed by atoms with Crippen LogP contribution in [0.1, 0.15) is 29.9 Å². The Labute approximate surface area is 145 Å². The first-order chi connectivity index (χ1) is 12.0. The van der Waals surface area contributed by atoms with Crippen molar-refractivity contribution in [2.75, 3.05) is 0 Å². The Hall–Kier alpha value is -3.15. The van der Waals surface area contributed by atoms with Crippen LogP contribution in [-0.2, 0) is 16.1 Å². The average molecular weight is 337 g/mol. The van der Waals surface area contributed by atoms with Crippen LogP contribution in [0.25, 0.3) is 0 Å². The number of allylic oxidation sites excluding steroid dienone is 1. The summed E-state index contributed by atoms with van der Waals surface area (Å²) in [5.74, 6) is -0.484. The summed E-state index contributed by atoms with van der Waals surface area (Å²) in [7, 11) is 0. The number of ether oxygens (including phenoxy) is 1. The molecular formula is C19H19N3O3. The number of amides is 2. The summed E-state index contributed by atoms with van der Waals surface area (Å²) in [6.45, 7) is 3.65. The van der Waals surface area contributed by atoms with Crippen LogP contribution in [0, 0.1) is 6.92 Å². The van der Waals surface area contributed by atoms with Crippen molar-refractivity contribution in [2.24, 2.45) is 0 Å². The topological polar surface area (TPSA) is 80.3 Å². The second kappa shape index (κ2) is 7.17. The molecule has 6 heteroatoms. The first kappa shape index (κ1) is 16.7. The van der Waals surface area contributed by atoms with Crippen LogP contribution in [0.4, 0.5) is 4.79 Å². The van der Waals surface area contributed by atoms with E-state index in [2.05, 4.69) is 15.6 Å². The molecule has 2 aromatic rings. The first-order valence-electron chi connectivity index (χ1n) is 7.97. The number of hydrogen-bond donors (Lipinski definition) is 2. The summed E-state index contributed by atoms with van der Waals surface area (Å²) in [6.07, 6.45) is 0. The van der Waals surface area contributed by atoms with Gasteiger partial charge in [-0.1, -0.05) is 36.4 Å². The molecule has 3 rings (SSSR count). The van der Waals surface area contributed by atoms with Gasteiger partial charge in [-0.15, -0.1) is 0 Å². The molecule has 1 unspecified atom stereocenters. The lowest BCUT2D eigenvalue weighted by Gasteiger charge is -2.28. The van der Waals surface area contributed by atoms with Crippen LogP contribution in [0.15, 0.2) is 59.8 Å². The van der Waals surface area contributed by atoms with Gasteiger partial charge in [0.1, 0.15) is 6.61 Å². The zero-order valence-corrected chi connectivity index (χ0v) is 14.1. The molecule has 0 saturated heterocycles. The van der Waals surface area contributed by atoms with E-state index < -0.39 is 12.0 Å². The van der Waals surface area contributed by atoms with Crippen molar-refractivity contribution in [3.63, 3.8) is 0 Å². The molecule has 128 valence electrons.